The van der Waals surface area contributed by atoms with Crippen LogP contribution in [0.3, 0.4) is 0 Å². The lowest BCUT2D eigenvalue weighted by molar-refractivity contribution is 0.0331. The average Bonchev–Trinajstić information content (AvgIpc) is 3.41. The van der Waals surface area contributed by atoms with Gasteiger partial charge in [-0.25, -0.2) is 9.97 Å². The topological polar surface area (TPSA) is 53.5 Å². The van der Waals surface area contributed by atoms with E-state index in [4.69, 9.17) is 14.7 Å². The molecule has 2 aliphatic rings. The number of anilines is 1. The highest BCUT2D eigenvalue weighted by atomic mass is 32.1. The molecule has 0 saturated carbocycles. The Bertz CT molecular complexity index is 1050. The highest BCUT2D eigenvalue weighted by Gasteiger charge is 2.18. The Morgan fingerprint density at radius 3 is 2.34 bits per heavy atom. The minimum Gasteiger partial charge on any atom is -0.379 e. The molecule has 0 radical (unpaired) electrons. The molecule has 1 aromatic carbocycles. The summed E-state index contributed by atoms with van der Waals surface area (Å²) in [4.78, 5) is 17.2. The number of nitrogens with zero attached hydrogens (tertiary/aromatic N) is 4. The zero-order valence-electron chi connectivity index (χ0n) is 19.2. The first kappa shape index (κ1) is 21.8. The maximum atomic E-state index is 5.49. The monoisotopic (exact) mass is 451 g/mol. The minimum atomic E-state index is 0.765. The van der Waals surface area contributed by atoms with Gasteiger partial charge in [0.25, 0.3) is 0 Å². The molecule has 6 nitrogen and oxygen atoms in total. The van der Waals surface area contributed by atoms with Gasteiger partial charge < -0.3 is 10.1 Å². The standard InChI is InChI=1S/C25H33N5OS/c1-18-19(2)32-25-23(18)24(27-22(28-25)17-30-11-13-31-14-12-30)26-15-20-5-7-21(8-6-20)16-29-9-3-4-10-29/h5-8H,3-4,9-17H2,1-2H3,(H,26,27,28). The van der Waals surface area contributed by atoms with Crippen LogP contribution < -0.4 is 5.32 Å². The van der Waals surface area contributed by atoms with Crippen molar-refractivity contribution < 1.29 is 4.74 Å². The molecule has 0 atom stereocenters. The molecule has 4 heterocycles. The van der Waals surface area contributed by atoms with Crippen molar-refractivity contribution >= 4 is 27.4 Å². The van der Waals surface area contributed by atoms with E-state index < -0.39 is 0 Å². The molecule has 1 N–H and O–H groups in total. The van der Waals surface area contributed by atoms with Gasteiger partial charge in [-0.15, -0.1) is 11.3 Å². The zero-order chi connectivity index (χ0) is 21.9. The Hall–Kier alpha value is -2.06. The number of hydrogen-bond acceptors (Lipinski definition) is 7. The van der Waals surface area contributed by atoms with Crippen molar-refractivity contribution in [3.8, 4) is 0 Å². The number of thiophene rings is 1. The molecule has 2 fully saturated rings. The summed E-state index contributed by atoms with van der Waals surface area (Å²) in [7, 11) is 0. The third kappa shape index (κ3) is 4.96. The number of fused-ring (bicyclic) bond motifs is 1. The van der Waals surface area contributed by atoms with Crippen LogP contribution in [0.2, 0.25) is 0 Å². The molecular weight excluding hydrogens is 418 g/mol. The van der Waals surface area contributed by atoms with Crippen LogP contribution in [-0.2, 0) is 24.4 Å². The van der Waals surface area contributed by atoms with Crippen molar-refractivity contribution in [1.29, 1.82) is 0 Å². The highest BCUT2D eigenvalue weighted by Crippen LogP contribution is 2.33. The van der Waals surface area contributed by atoms with E-state index >= 15 is 0 Å². The van der Waals surface area contributed by atoms with E-state index in [0.717, 1.165) is 62.4 Å². The molecule has 170 valence electrons. The van der Waals surface area contributed by atoms with Crippen LogP contribution >= 0.6 is 11.3 Å². The SMILES string of the molecule is Cc1sc2nc(CN3CCOCC3)nc(NCc3ccc(CN4CCCC4)cc3)c2c1C. The van der Waals surface area contributed by atoms with E-state index in [1.54, 1.807) is 11.3 Å². The van der Waals surface area contributed by atoms with Crippen molar-refractivity contribution in [3.63, 3.8) is 0 Å². The summed E-state index contributed by atoms with van der Waals surface area (Å²) >= 11 is 1.77. The van der Waals surface area contributed by atoms with Crippen molar-refractivity contribution in [2.75, 3.05) is 44.7 Å². The van der Waals surface area contributed by atoms with Crippen molar-refractivity contribution in [2.24, 2.45) is 0 Å². The van der Waals surface area contributed by atoms with Crippen LogP contribution in [0, 0.1) is 13.8 Å². The van der Waals surface area contributed by atoms with Crippen LogP contribution in [0.15, 0.2) is 24.3 Å². The highest BCUT2D eigenvalue weighted by molar-refractivity contribution is 7.18. The van der Waals surface area contributed by atoms with Crippen LogP contribution in [0.25, 0.3) is 10.2 Å². The lowest BCUT2D eigenvalue weighted by Gasteiger charge is -2.25. The zero-order valence-corrected chi connectivity index (χ0v) is 20.0. The lowest BCUT2D eigenvalue weighted by Crippen LogP contribution is -2.36. The second-order valence-electron chi connectivity index (χ2n) is 8.99. The average molecular weight is 452 g/mol. The largest absolute Gasteiger partial charge is 0.379 e. The summed E-state index contributed by atoms with van der Waals surface area (Å²) in [6.45, 7) is 12.9. The van der Waals surface area contributed by atoms with Gasteiger partial charge in [-0.3, -0.25) is 9.80 Å². The fraction of sp³-hybridized carbons (Fsp3) is 0.520. The van der Waals surface area contributed by atoms with Crippen molar-refractivity contribution in [3.05, 3.63) is 51.7 Å². The Morgan fingerprint density at radius 2 is 1.59 bits per heavy atom. The second kappa shape index (κ2) is 9.83. The van der Waals surface area contributed by atoms with E-state index in [1.165, 1.54) is 52.9 Å². The molecule has 2 aromatic heterocycles. The molecule has 32 heavy (non-hydrogen) atoms. The lowest BCUT2D eigenvalue weighted by atomic mass is 10.1. The number of hydrogen-bond donors (Lipinski definition) is 1. The van der Waals surface area contributed by atoms with Crippen LogP contribution in [0.4, 0.5) is 5.82 Å². The number of aromatic nitrogens is 2. The van der Waals surface area contributed by atoms with Crippen LogP contribution in [0.1, 0.15) is 40.2 Å². The molecule has 2 aliphatic heterocycles. The summed E-state index contributed by atoms with van der Waals surface area (Å²) in [5.74, 6) is 1.85. The molecule has 0 bridgehead atoms. The first-order valence-electron chi connectivity index (χ1n) is 11.8. The van der Waals surface area contributed by atoms with Gasteiger partial charge in [0.05, 0.1) is 25.1 Å². The van der Waals surface area contributed by atoms with Gasteiger partial charge in [-0.05, 0) is 56.5 Å². The predicted molar refractivity (Wildman–Crippen MR) is 131 cm³/mol. The first-order chi connectivity index (χ1) is 15.7. The van der Waals surface area contributed by atoms with E-state index in [2.05, 4.69) is 53.2 Å². The fourth-order valence-corrected chi connectivity index (χ4v) is 5.65. The van der Waals surface area contributed by atoms with E-state index in [1.807, 2.05) is 0 Å². The summed E-state index contributed by atoms with van der Waals surface area (Å²) in [5, 5.41) is 4.80. The third-order valence-corrected chi connectivity index (χ3v) is 7.73. The summed E-state index contributed by atoms with van der Waals surface area (Å²) in [5.41, 5.74) is 3.96. The number of aryl methyl sites for hydroxylation is 2. The van der Waals surface area contributed by atoms with Gasteiger partial charge in [0, 0.05) is 31.1 Å². The fourth-order valence-electron chi connectivity index (χ4n) is 4.60. The van der Waals surface area contributed by atoms with E-state index in [0.29, 0.717) is 0 Å². The van der Waals surface area contributed by atoms with Crippen molar-refractivity contribution in [2.45, 2.75) is 46.3 Å². The Labute approximate surface area is 194 Å². The molecular formula is C25H33N5OS. The van der Waals surface area contributed by atoms with Gasteiger partial charge in [-0.2, -0.15) is 0 Å². The Morgan fingerprint density at radius 1 is 0.906 bits per heavy atom. The quantitative estimate of drug-likeness (QED) is 0.576. The van der Waals surface area contributed by atoms with Gasteiger partial charge in [0.15, 0.2) is 0 Å². The summed E-state index contributed by atoms with van der Waals surface area (Å²) in [6.07, 6.45) is 2.68. The second-order valence-corrected chi connectivity index (χ2v) is 10.2. The first-order valence-corrected chi connectivity index (χ1v) is 12.6. The van der Waals surface area contributed by atoms with Crippen molar-refractivity contribution in [1.82, 2.24) is 19.8 Å². The minimum absolute atomic E-state index is 0.765. The van der Waals surface area contributed by atoms with E-state index in [9.17, 15) is 0 Å². The maximum Gasteiger partial charge on any atom is 0.146 e. The Balaban J connectivity index is 1.31. The van der Waals surface area contributed by atoms with Crippen LogP contribution in [-0.4, -0.2) is 59.2 Å². The third-order valence-electron chi connectivity index (χ3n) is 6.63. The molecule has 0 aliphatic carbocycles. The number of likely N-dealkylation sites (tertiary alicyclic amines) is 1. The summed E-state index contributed by atoms with van der Waals surface area (Å²) < 4.78 is 5.49. The predicted octanol–water partition coefficient (Wildman–Crippen LogP) is 4.35. The van der Waals surface area contributed by atoms with Gasteiger partial charge in [0.2, 0.25) is 0 Å². The van der Waals surface area contributed by atoms with Crippen LogP contribution in [0.5, 0.6) is 0 Å². The van der Waals surface area contributed by atoms with Gasteiger partial charge >= 0.3 is 0 Å². The van der Waals surface area contributed by atoms with Gasteiger partial charge in [0.1, 0.15) is 16.5 Å². The molecule has 2 saturated heterocycles. The smallest absolute Gasteiger partial charge is 0.146 e. The number of nitrogens with one attached hydrogen (secondary N) is 1. The number of ether oxygens (including phenoxy) is 1. The normalized spacial score (nSPS) is 17.9. The molecule has 7 heteroatoms. The maximum absolute atomic E-state index is 5.49. The number of rotatable bonds is 7. The molecule has 3 aromatic rings. The molecule has 0 spiro atoms. The molecule has 0 amide bonds. The van der Waals surface area contributed by atoms with E-state index in [-0.39, 0.29) is 0 Å². The molecule has 5 rings (SSSR count). The number of benzene rings is 1. The van der Waals surface area contributed by atoms with Gasteiger partial charge in [-0.1, -0.05) is 24.3 Å². The Kier molecular flexibility index (Phi) is 6.69. The summed E-state index contributed by atoms with van der Waals surface area (Å²) in [6, 6.07) is 9.04. The molecule has 0 unspecified atom stereocenters. The number of morpholine rings is 1.